The molecule has 0 aliphatic carbocycles. The van der Waals surface area contributed by atoms with Crippen LogP contribution in [0.4, 0.5) is 14.5 Å². The minimum Gasteiger partial charge on any atom is -0.395 e. The molecule has 1 N–H and O–H groups in total. The lowest BCUT2D eigenvalue weighted by Gasteiger charge is -2.21. The van der Waals surface area contributed by atoms with Crippen molar-refractivity contribution in [3.8, 4) is 11.5 Å². The van der Waals surface area contributed by atoms with E-state index in [1.165, 1.54) is 23.1 Å². The number of rotatable bonds is 4. The first kappa shape index (κ1) is 19.0. The lowest BCUT2D eigenvalue weighted by atomic mass is 10.2. The molecule has 1 aliphatic heterocycles. The number of carbonyl (C=O) groups is 1. The highest BCUT2D eigenvalue weighted by Crippen LogP contribution is 2.42. The summed E-state index contributed by atoms with van der Waals surface area (Å²) in [5.41, 5.74) is 1.07. The van der Waals surface area contributed by atoms with Gasteiger partial charge in [-0.1, -0.05) is 18.2 Å². The molecular formula is C21H16F2N4O4. The lowest BCUT2D eigenvalue weighted by molar-refractivity contribution is -0.286. The number of benzene rings is 2. The largest absolute Gasteiger partial charge is 0.586 e. The number of anilines is 1. The summed E-state index contributed by atoms with van der Waals surface area (Å²) in [7, 11) is 0. The average molecular weight is 426 g/mol. The van der Waals surface area contributed by atoms with E-state index in [0.717, 1.165) is 15.6 Å². The number of aromatic nitrogens is 3. The molecule has 0 atom stereocenters. The molecule has 0 unspecified atom stereocenters. The van der Waals surface area contributed by atoms with Gasteiger partial charge in [0.2, 0.25) is 5.91 Å². The van der Waals surface area contributed by atoms with Gasteiger partial charge in [-0.15, -0.1) is 8.78 Å². The summed E-state index contributed by atoms with van der Waals surface area (Å²) in [5.74, 6) is -0.707. The Bertz CT molecular complexity index is 1400. The van der Waals surface area contributed by atoms with Gasteiger partial charge in [-0.3, -0.25) is 9.59 Å². The van der Waals surface area contributed by atoms with E-state index in [0.29, 0.717) is 16.6 Å². The molecule has 1 aliphatic rings. The number of fused-ring (bicyclic) bond motifs is 4. The Morgan fingerprint density at radius 3 is 2.74 bits per heavy atom. The second-order valence-corrected chi connectivity index (χ2v) is 7.00. The fourth-order valence-electron chi connectivity index (χ4n) is 3.71. The Morgan fingerprint density at radius 2 is 1.94 bits per heavy atom. The van der Waals surface area contributed by atoms with Gasteiger partial charge in [0.25, 0.3) is 5.56 Å². The van der Waals surface area contributed by atoms with Gasteiger partial charge < -0.3 is 19.4 Å². The Morgan fingerprint density at radius 1 is 1.16 bits per heavy atom. The first-order chi connectivity index (χ1) is 14.9. The highest BCUT2D eigenvalue weighted by atomic mass is 19.3. The molecule has 31 heavy (non-hydrogen) atoms. The van der Waals surface area contributed by atoms with Gasteiger partial charge in [0.15, 0.2) is 11.5 Å². The topological polar surface area (TPSA) is 89.5 Å². The molecule has 0 bridgehead atoms. The van der Waals surface area contributed by atoms with Crippen molar-refractivity contribution in [2.75, 3.05) is 11.4 Å². The molecule has 0 saturated heterocycles. The number of amides is 1. The van der Waals surface area contributed by atoms with Crippen LogP contribution in [-0.2, 0) is 11.3 Å². The molecule has 10 heteroatoms. The zero-order valence-corrected chi connectivity index (χ0v) is 16.3. The standard InChI is InChI=1S/C21H16F2N4O4/c1-2-26(12-7-8-16-17(9-12)31-21(22,23)30-16)18(28)11-27-20(29)19-14(10-24-27)13-5-3-4-6-15(13)25-19/h3-10,25H,2,11H2,1H3. The lowest BCUT2D eigenvalue weighted by Crippen LogP contribution is -2.37. The van der Waals surface area contributed by atoms with E-state index in [1.54, 1.807) is 13.1 Å². The van der Waals surface area contributed by atoms with Crippen molar-refractivity contribution in [3.05, 3.63) is 59.0 Å². The highest BCUT2D eigenvalue weighted by molar-refractivity contribution is 6.06. The Hall–Kier alpha value is -3.95. The SMILES string of the molecule is CCN(C(=O)Cn1ncc2c([nH]c3ccccc32)c1=O)c1ccc2c(c1)OC(F)(F)O2. The predicted octanol–water partition coefficient (Wildman–Crippen LogP) is 3.25. The maximum atomic E-state index is 13.3. The third kappa shape index (κ3) is 3.16. The van der Waals surface area contributed by atoms with Gasteiger partial charge in [-0.05, 0) is 25.1 Å². The van der Waals surface area contributed by atoms with E-state index in [-0.39, 0.29) is 24.6 Å². The van der Waals surface area contributed by atoms with E-state index in [2.05, 4.69) is 19.6 Å². The number of aromatic amines is 1. The molecule has 158 valence electrons. The van der Waals surface area contributed by atoms with Crippen LogP contribution in [0.5, 0.6) is 11.5 Å². The minimum atomic E-state index is -3.74. The molecule has 5 rings (SSSR count). The van der Waals surface area contributed by atoms with E-state index in [9.17, 15) is 18.4 Å². The van der Waals surface area contributed by atoms with Crippen LogP contribution < -0.4 is 19.9 Å². The number of hydrogen-bond acceptors (Lipinski definition) is 5. The molecule has 4 aromatic rings. The maximum Gasteiger partial charge on any atom is 0.586 e. The zero-order valence-electron chi connectivity index (χ0n) is 16.3. The monoisotopic (exact) mass is 426 g/mol. The number of ether oxygens (including phenoxy) is 2. The zero-order chi connectivity index (χ0) is 21.8. The summed E-state index contributed by atoms with van der Waals surface area (Å²) in [6, 6.07) is 11.5. The first-order valence-corrected chi connectivity index (χ1v) is 9.53. The normalized spacial score (nSPS) is 14.3. The van der Waals surface area contributed by atoms with E-state index >= 15 is 0 Å². The van der Waals surface area contributed by atoms with Crippen LogP contribution in [0.2, 0.25) is 0 Å². The number of likely N-dealkylation sites (N-methyl/N-ethyl adjacent to an activating group) is 1. The minimum absolute atomic E-state index is 0.112. The quantitative estimate of drug-likeness (QED) is 0.541. The van der Waals surface area contributed by atoms with Crippen LogP contribution >= 0.6 is 0 Å². The first-order valence-electron chi connectivity index (χ1n) is 9.53. The maximum absolute atomic E-state index is 13.3. The van der Waals surface area contributed by atoms with Crippen molar-refractivity contribution in [2.45, 2.75) is 19.8 Å². The predicted molar refractivity (Wildman–Crippen MR) is 109 cm³/mol. The number of H-pyrrole nitrogens is 1. The number of carbonyl (C=O) groups excluding carboxylic acids is 1. The summed E-state index contributed by atoms with van der Waals surface area (Å²) in [5, 5.41) is 5.69. The van der Waals surface area contributed by atoms with Gasteiger partial charge >= 0.3 is 6.29 Å². The molecule has 0 fully saturated rings. The summed E-state index contributed by atoms with van der Waals surface area (Å²) in [4.78, 5) is 30.2. The summed E-state index contributed by atoms with van der Waals surface area (Å²) in [6.07, 6.45) is -2.20. The average Bonchev–Trinajstić information content (AvgIpc) is 3.26. The number of hydrogen-bond donors (Lipinski definition) is 1. The van der Waals surface area contributed by atoms with Crippen LogP contribution in [0, 0.1) is 0 Å². The number of para-hydroxylation sites is 1. The molecule has 0 saturated carbocycles. The van der Waals surface area contributed by atoms with E-state index < -0.39 is 17.8 Å². The molecule has 2 aromatic carbocycles. The van der Waals surface area contributed by atoms with Crippen LogP contribution in [0.3, 0.4) is 0 Å². The Balaban J connectivity index is 1.45. The second-order valence-electron chi connectivity index (χ2n) is 7.00. The van der Waals surface area contributed by atoms with Crippen molar-refractivity contribution in [1.82, 2.24) is 14.8 Å². The molecule has 0 spiro atoms. The van der Waals surface area contributed by atoms with Gasteiger partial charge in [-0.2, -0.15) is 5.10 Å². The van der Waals surface area contributed by atoms with Crippen LogP contribution in [0.1, 0.15) is 6.92 Å². The second kappa shape index (κ2) is 6.79. The number of alkyl halides is 2. The fraction of sp³-hybridized carbons (Fsp3) is 0.190. The van der Waals surface area contributed by atoms with Crippen LogP contribution in [-0.4, -0.2) is 33.5 Å². The van der Waals surface area contributed by atoms with Crippen LogP contribution in [0.25, 0.3) is 21.8 Å². The molecule has 3 heterocycles. The Labute approximate surface area is 173 Å². The van der Waals surface area contributed by atoms with E-state index in [4.69, 9.17) is 0 Å². The third-order valence-corrected chi connectivity index (χ3v) is 5.12. The highest BCUT2D eigenvalue weighted by Gasteiger charge is 2.43. The van der Waals surface area contributed by atoms with Crippen molar-refractivity contribution in [3.63, 3.8) is 0 Å². The molecule has 8 nitrogen and oxygen atoms in total. The summed E-state index contributed by atoms with van der Waals surface area (Å²) < 4.78 is 36.5. The molecule has 2 aromatic heterocycles. The smallest absolute Gasteiger partial charge is 0.395 e. The summed E-state index contributed by atoms with van der Waals surface area (Å²) in [6.45, 7) is 1.66. The van der Waals surface area contributed by atoms with Crippen molar-refractivity contribution in [1.29, 1.82) is 0 Å². The van der Waals surface area contributed by atoms with Gasteiger partial charge in [0.1, 0.15) is 12.1 Å². The Kier molecular flexibility index (Phi) is 4.17. The van der Waals surface area contributed by atoms with Crippen molar-refractivity contribution in [2.24, 2.45) is 0 Å². The number of nitrogens with one attached hydrogen (secondary N) is 1. The fourth-order valence-corrected chi connectivity index (χ4v) is 3.71. The molecule has 1 amide bonds. The number of nitrogens with zero attached hydrogens (tertiary/aromatic N) is 3. The molecular weight excluding hydrogens is 410 g/mol. The van der Waals surface area contributed by atoms with Gasteiger partial charge in [0, 0.05) is 34.6 Å². The van der Waals surface area contributed by atoms with Crippen molar-refractivity contribution < 1.29 is 23.0 Å². The van der Waals surface area contributed by atoms with Gasteiger partial charge in [0.05, 0.1) is 6.20 Å². The number of halogens is 2. The van der Waals surface area contributed by atoms with Gasteiger partial charge in [-0.25, -0.2) is 4.68 Å². The van der Waals surface area contributed by atoms with Crippen molar-refractivity contribution >= 4 is 33.4 Å². The van der Waals surface area contributed by atoms with E-state index in [1.807, 2.05) is 24.3 Å². The van der Waals surface area contributed by atoms with Crippen LogP contribution in [0.15, 0.2) is 53.5 Å². The third-order valence-electron chi connectivity index (χ3n) is 5.12. The molecule has 0 radical (unpaired) electrons. The summed E-state index contributed by atoms with van der Waals surface area (Å²) >= 11 is 0.